The maximum absolute atomic E-state index is 11.6. The number of rotatable bonds is 4. The molecule has 2 rings (SSSR count). The lowest BCUT2D eigenvalue weighted by molar-refractivity contribution is 0.478. The second-order valence-electron chi connectivity index (χ2n) is 4.89. The summed E-state index contributed by atoms with van der Waals surface area (Å²) in [5.74, 6) is 0. The van der Waals surface area contributed by atoms with Gasteiger partial charge in [0, 0.05) is 10.8 Å². The fourth-order valence-electron chi connectivity index (χ4n) is 2.21. The largest absolute Gasteiger partial charge is 0.295 e. The third kappa shape index (κ3) is 3.58. The van der Waals surface area contributed by atoms with Crippen LogP contribution >= 0.6 is 0 Å². The number of fused-ring (bicyclic) bond motifs is 1. The summed E-state index contributed by atoms with van der Waals surface area (Å²) in [7, 11) is -14.7. The van der Waals surface area contributed by atoms with E-state index in [9.17, 15) is 34.4 Å². The fourth-order valence-corrected chi connectivity index (χ4v) is 4.29. The van der Waals surface area contributed by atoms with Crippen LogP contribution in [0.1, 0.15) is 12.5 Å². The number of hydrogen-bond donors (Lipinski definition) is 3. The summed E-state index contributed by atoms with van der Waals surface area (Å²) < 4.78 is 96.6. The Morgan fingerprint density at radius 2 is 1.17 bits per heavy atom. The number of benzene rings is 2. The molecule has 0 heterocycles. The molecule has 0 aromatic heterocycles. The van der Waals surface area contributed by atoms with E-state index in [0.717, 1.165) is 6.07 Å². The first-order chi connectivity index (χ1) is 10.7. The molecule has 132 valence electrons. The van der Waals surface area contributed by atoms with Gasteiger partial charge in [-0.3, -0.25) is 13.7 Å². The lowest BCUT2D eigenvalue weighted by Gasteiger charge is -2.12. The Hall–Kier alpha value is -1.57. The Morgan fingerprint density at radius 1 is 0.708 bits per heavy atom. The molecule has 12 heteroatoms. The van der Waals surface area contributed by atoms with Crippen LogP contribution in [0.5, 0.6) is 0 Å². The van der Waals surface area contributed by atoms with Crippen molar-refractivity contribution in [1.29, 1.82) is 0 Å². The van der Waals surface area contributed by atoms with Crippen LogP contribution in [0, 0.1) is 0 Å². The van der Waals surface area contributed by atoms with Crippen molar-refractivity contribution < 1.29 is 38.9 Å². The van der Waals surface area contributed by atoms with Gasteiger partial charge in [0.1, 0.15) is 9.79 Å². The Balaban J connectivity index is 3.22. The SMILES string of the molecule is CCc1cc(S(=O)(=O)O)c2cc(S(=O)(=O)O)cc(S(=O)(=O)O)c2c1. The monoisotopic (exact) mass is 396 g/mol. The first kappa shape index (κ1) is 18.8. The molecule has 0 aliphatic rings. The highest BCUT2D eigenvalue weighted by atomic mass is 32.2. The molecule has 0 unspecified atom stereocenters. The van der Waals surface area contributed by atoms with Crippen LogP contribution in [-0.4, -0.2) is 38.9 Å². The Labute approximate surface area is 138 Å². The van der Waals surface area contributed by atoms with Crippen LogP contribution in [0.15, 0.2) is 39.0 Å². The first-order valence-electron chi connectivity index (χ1n) is 6.28. The molecule has 2 aromatic rings. The van der Waals surface area contributed by atoms with E-state index in [0.29, 0.717) is 17.7 Å². The van der Waals surface area contributed by atoms with E-state index in [2.05, 4.69) is 0 Å². The van der Waals surface area contributed by atoms with Gasteiger partial charge >= 0.3 is 0 Å². The summed E-state index contributed by atoms with van der Waals surface area (Å²) in [5.41, 5.74) is 0.319. The second-order valence-corrected chi connectivity index (χ2v) is 9.09. The summed E-state index contributed by atoms with van der Waals surface area (Å²) in [4.78, 5) is -2.60. The van der Waals surface area contributed by atoms with Crippen LogP contribution in [0.25, 0.3) is 10.8 Å². The average molecular weight is 396 g/mol. The smallest absolute Gasteiger partial charge is 0.282 e. The van der Waals surface area contributed by atoms with Gasteiger partial charge in [0.05, 0.1) is 4.90 Å². The maximum Gasteiger partial charge on any atom is 0.295 e. The van der Waals surface area contributed by atoms with Crippen LogP contribution in [-0.2, 0) is 36.8 Å². The zero-order chi connectivity index (χ0) is 18.5. The molecule has 0 radical (unpaired) electrons. The molecule has 0 spiro atoms. The highest BCUT2D eigenvalue weighted by Crippen LogP contribution is 2.33. The third-order valence-corrected chi connectivity index (χ3v) is 5.91. The maximum atomic E-state index is 11.6. The Kier molecular flexibility index (Phi) is 4.50. The minimum absolute atomic E-state index is 0.267. The summed E-state index contributed by atoms with van der Waals surface area (Å²) >= 11 is 0. The van der Waals surface area contributed by atoms with Crippen LogP contribution in [0.2, 0.25) is 0 Å². The van der Waals surface area contributed by atoms with E-state index in [4.69, 9.17) is 4.55 Å². The Bertz CT molecular complexity index is 1140. The third-order valence-electron chi connectivity index (χ3n) is 3.29. The van der Waals surface area contributed by atoms with Crippen molar-refractivity contribution in [2.24, 2.45) is 0 Å². The van der Waals surface area contributed by atoms with E-state index in [1.54, 1.807) is 6.92 Å². The van der Waals surface area contributed by atoms with Crippen molar-refractivity contribution in [2.45, 2.75) is 28.0 Å². The molecule has 24 heavy (non-hydrogen) atoms. The molecule has 9 nitrogen and oxygen atoms in total. The van der Waals surface area contributed by atoms with Crippen molar-refractivity contribution >= 4 is 41.1 Å². The normalized spacial score (nSPS) is 13.3. The molecule has 3 N–H and O–H groups in total. The van der Waals surface area contributed by atoms with E-state index >= 15 is 0 Å². The van der Waals surface area contributed by atoms with E-state index in [1.165, 1.54) is 6.07 Å². The van der Waals surface area contributed by atoms with Gasteiger partial charge in [0.25, 0.3) is 30.4 Å². The number of hydrogen-bond acceptors (Lipinski definition) is 6. The summed E-state index contributed by atoms with van der Waals surface area (Å²) in [6, 6.07) is 3.47. The van der Waals surface area contributed by atoms with Crippen molar-refractivity contribution in [2.75, 3.05) is 0 Å². The molecule has 2 aromatic carbocycles. The fraction of sp³-hybridized carbons (Fsp3) is 0.167. The summed E-state index contributed by atoms with van der Waals surface area (Å²) in [6.07, 6.45) is 0.267. The van der Waals surface area contributed by atoms with Crippen LogP contribution < -0.4 is 0 Å². The van der Waals surface area contributed by atoms with Gasteiger partial charge in [0.2, 0.25) is 0 Å². The van der Waals surface area contributed by atoms with Crippen molar-refractivity contribution in [3.8, 4) is 0 Å². The van der Waals surface area contributed by atoms with E-state index < -0.39 is 50.4 Å². The van der Waals surface area contributed by atoms with Gasteiger partial charge < -0.3 is 0 Å². The first-order valence-corrected chi connectivity index (χ1v) is 10.6. The minimum Gasteiger partial charge on any atom is -0.282 e. The zero-order valence-electron chi connectivity index (χ0n) is 12.0. The lowest BCUT2D eigenvalue weighted by Crippen LogP contribution is -2.07. The molecule has 0 fully saturated rings. The summed E-state index contributed by atoms with van der Waals surface area (Å²) in [6.45, 7) is 1.63. The van der Waals surface area contributed by atoms with Gasteiger partial charge in [-0.15, -0.1) is 0 Å². The van der Waals surface area contributed by atoms with Gasteiger partial charge in [-0.25, -0.2) is 0 Å². The van der Waals surface area contributed by atoms with Gasteiger partial charge in [-0.05, 0) is 36.2 Å². The van der Waals surface area contributed by atoms with Gasteiger partial charge in [-0.1, -0.05) is 6.92 Å². The summed E-state index contributed by atoms with van der Waals surface area (Å²) in [5, 5.41) is -0.783. The van der Waals surface area contributed by atoms with Crippen molar-refractivity contribution in [3.05, 3.63) is 29.8 Å². The second kappa shape index (κ2) is 5.75. The van der Waals surface area contributed by atoms with Crippen molar-refractivity contribution in [1.82, 2.24) is 0 Å². The quantitative estimate of drug-likeness (QED) is 0.643. The van der Waals surface area contributed by atoms with Crippen LogP contribution in [0.3, 0.4) is 0 Å². The van der Waals surface area contributed by atoms with E-state index in [-0.39, 0.29) is 11.8 Å². The van der Waals surface area contributed by atoms with Gasteiger partial charge in [-0.2, -0.15) is 25.3 Å². The molecule has 0 saturated carbocycles. The number of aryl methyl sites for hydroxylation is 1. The molecule has 0 aliphatic heterocycles. The topological polar surface area (TPSA) is 163 Å². The molecule has 0 aliphatic carbocycles. The van der Waals surface area contributed by atoms with Crippen LogP contribution in [0.4, 0.5) is 0 Å². The average Bonchev–Trinajstić information content (AvgIpc) is 2.41. The molecule has 0 saturated heterocycles. The molecule has 0 bridgehead atoms. The molecular weight excluding hydrogens is 384 g/mol. The lowest BCUT2D eigenvalue weighted by atomic mass is 10.1. The highest BCUT2D eigenvalue weighted by Gasteiger charge is 2.25. The molecule has 0 amide bonds. The molecular formula is C12H12O9S3. The predicted molar refractivity (Wildman–Crippen MR) is 82.8 cm³/mol. The minimum atomic E-state index is -4.95. The highest BCUT2D eigenvalue weighted by molar-refractivity contribution is 7.87. The predicted octanol–water partition coefficient (Wildman–Crippen LogP) is 1.14. The standard InChI is InChI=1S/C12H12O9S3/c1-2-7-3-9-10(11(4-7)23(16,17)18)5-8(22(13,14)15)6-12(9)24(19,20)21/h3-6H,2H2,1H3,(H,13,14,15)(H,16,17,18)(H,19,20,21). The molecule has 0 atom stereocenters. The Morgan fingerprint density at radius 3 is 1.58 bits per heavy atom. The van der Waals surface area contributed by atoms with E-state index in [1.807, 2.05) is 0 Å². The van der Waals surface area contributed by atoms with Gasteiger partial charge in [0.15, 0.2) is 0 Å². The van der Waals surface area contributed by atoms with Crippen molar-refractivity contribution in [3.63, 3.8) is 0 Å². The zero-order valence-corrected chi connectivity index (χ0v) is 14.5.